The summed E-state index contributed by atoms with van der Waals surface area (Å²) in [7, 11) is 1.92. The molecule has 1 aliphatic rings. The molecular formula is C23H24N10O2. The molecule has 1 aliphatic heterocycles. The van der Waals surface area contributed by atoms with Gasteiger partial charge in [-0.3, -0.25) is 9.48 Å². The van der Waals surface area contributed by atoms with Gasteiger partial charge in [-0.2, -0.15) is 15.2 Å². The molecule has 6 rings (SSSR count). The van der Waals surface area contributed by atoms with Crippen LogP contribution in [0.2, 0.25) is 0 Å². The summed E-state index contributed by atoms with van der Waals surface area (Å²) in [5.74, 6) is 1.05. The number of imidazole rings is 1. The van der Waals surface area contributed by atoms with E-state index in [1.807, 2.05) is 22.5 Å². The molecule has 0 N–H and O–H groups in total. The van der Waals surface area contributed by atoms with Crippen molar-refractivity contribution in [3.05, 3.63) is 48.9 Å². The highest BCUT2D eigenvalue weighted by molar-refractivity contribution is 5.99. The minimum Gasteiger partial charge on any atom is -0.471 e. The molecule has 6 heterocycles. The fourth-order valence-corrected chi connectivity index (χ4v) is 4.47. The average molecular weight is 473 g/mol. The third-order valence-electron chi connectivity index (χ3n) is 6.19. The van der Waals surface area contributed by atoms with Crippen LogP contribution in [0.1, 0.15) is 30.1 Å². The van der Waals surface area contributed by atoms with Gasteiger partial charge < -0.3 is 14.2 Å². The Bertz CT molecular complexity index is 1530. The van der Waals surface area contributed by atoms with Crippen LogP contribution in [0.4, 0.5) is 0 Å². The maximum absolute atomic E-state index is 13.1. The monoisotopic (exact) mass is 472 g/mol. The summed E-state index contributed by atoms with van der Waals surface area (Å²) in [6.07, 6.45) is 11.7. The summed E-state index contributed by atoms with van der Waals surface area (Å²) in [6.45, 7) is 3.98. The van der Waals surface area contributed by atoms with Crippen molar-refractivity contribution >= 4 is 22.7 Å². The molecule has 178 valence electrons. The summed E-state index contributed by atoms with van der Waals surface area (Å²) in [5, 5.41) is 8.63. The van der Waals surface area contributed by atoms with Gasteiger partial charge in [0.15, 0.2) is 16.8 Å². The fourth-order valence-electron chi connectivity index (χ4n) is 4.47. The van der Waals surface area contributed by atoms with Crippen molar-refractivity contribution < 1.29 is 9.53 Å². The van der Waals surface area contributed by atoms with E-state index in [0.29, 0.717) is 47.8 Å². The Morgan fingerprint density at radius 2 is 2.09 bits per heavy atom. The number of nitrogens with zero attached hydrogens (tertiary/aromatic N) is 10. The number of aryl methyl sites for hydroxylation is 2. The van der Waals surface area contributed by atoms with Crippen LogP contribution in [0, 0.1) is 0 Å². The molecule has 0 aromatic carbocycles. The summed E-state index contributed by atoms with van der Waals surface area (Å²) >= 11 is 0. The van der Waals surface area contributed by atoms with E-state index in [0.717, 1.165) is 24.4 Å². The number of aromatic nitrogens is 9. The third-order valence-corrected chi connectivity index (χ3v) is 6.19. The van der Waals surface area contributed by atoms with Gasteiger partial charge in [-0.15, -0.1) is 0 Å². The number of hydrogen-bond acceptors (Lipinski definition) is 8. The Balaban J connectivity index is 1.22. The lowest BCUT2D eigenvalue weighted by atomic mass is 10.3. The molecule has 0 spiro atoms. The smallest absolute Gasteiger partial charge is 0.259 e. The van der Waals surface area contributed by atoms with Crippen LogP contribution in [-0.4, -0.2) is 73.9 Å². The minimum atomic E-state index is -0.204. The first-order valence-corrected chi connectivity index (χ1v) is 11.6. The van der Waals surface area contributed by atoms with Gasteiger partial charge in [0.1, 0.15) is 23.8 Å². The molecule has 1 atom stereocenters. The molecule has 12 nitrogen and oxygen atoms in total. The van der Waals surface area contributed by atoms with E-state index in [4.69, 9.17) is 9.72 Å². The van der Waals surface area contributed by atoms with Gasteiger partial charge in [0.2, 0.25) is 5.88 Å². The van der Waals surface area contributed by atoms with Gasteiger partial charge in [0.05, 0.1) is 24.5 Å². The number of carbonyl (C=O) groups excluding carboxylic acids is 1. The van der Waals surface area contributed by atoms with Crippen LogP contribution in [-0.2, 0) is 13.6 Å². The van der Waals surface area contributed by atoms with Crippen molar-refractivity contribution in [1.82, 2.24) is 48.8 Å². The van der Waals surface area contributed by atoms with E-state index in [9.17, 15) is 4.79 Å². The van der Waals surface area contributed by atoms with Crippen LogP contribution in [0.5, 0.6) is 5.88 Å². The second kappa shape index (κ2) is 8.46. The molecule has 0 bridgehead atoms. The normalized spacial score (nSPS) is 15.9. The lowest BCUT2D eigenvalue weighted by Gasteiger charge is -2.16. The van der Waals surface area contributed by atoms with E-state index in [1.54, 1.807) is 40.3 Å². The first-order chi connectivity index (χ1) is 17.1. The topological polar surface area (TPSA) is 121 Å². The number of fused-ring (bicyclic) bond motifs is 2. The molecule has 1 unspecified atom stereocenters. The van der Waals surface area contributed by atoms with Crippen molar-refractivity contribution in [2.24, 2.45) is 7.05 Å². The molecule has 1 saturated heterocycles. The van der Waals surface area contributed by atoms with Crippen LogP contribution in [0.25, 0.3) is 28.2 Å². The van der Waals surface area contributed by atoms with E-state index < -0.39 is 0 Å². The highest BCUT2D eigenvalue weighted by Gasteiger charge is 2.31. The third kappa shape index (κ3) is 3.66. The van der Waals surface area contributed by atoms with Crippen molar-refractivity contribution in [3.8, 4) is 17.3 Å². The van der Waals surface area contributed by atoms with E-state index >= 15 is 0 Å². The molecule has 12 heteroatoms. The second-order valence-electron chi connectivity index (χ2n) is 8.56. The first-order valence-electron chi connectivity index (χ1n) is 11.6. The van der Waals surface area contributed by atoms with Gasteiger partial charge in [-0.05, 0) is 12.5 Å². The predicted octanol–water partition coefficient (Wildman–Crippen LogP) is 1.97. The standard InChI is InChI=1S/C23H24N10O2/c1-3-7-32-12-15(10-27-32)19-29-18-21(30(19)2)25-14-26-22(18)35-16-5-9-31(13-16)23(34)17-11-28-33-8-4-6-24-20(17)33/h4,6,8,10-12,14,16H,3,5,7,9,13H2,1-2H3. The number of likely N-dealkylation sites (tertiary alicyclic amines) is 1. The first kappa shape index (κ1) is 21.2. The van der Waals surface area contributed by atoms with Crippen molar-refractivity contribution in [2.45, 2.75) is 32.4 Å². The van der Waals surface area contributed by atoms with Crippen LogP contribution < -0.4 is 4.74 Å². The molecule has 5 aromatic heterocycles. The number of rotatable bonds is 6. The van der Waals surface area contributed by atoms with Crippen LogP contribution >= 0.6 is 0 Å². The van der Waals surface area contributed by atoms with Crippen molar-refractivity contribution in [1.29, 1.82) is 0 Å². The highest BCUT2D eigenvalue weighted by Crippen LogP contribution is 2.28. The molecule has 5 aromatic rings. The summed E-state index contributed by atoms with van der Waals surface area (Å²) in [4.78, 5) is 32.7. The second-order valence-corrected chi connectivity index (χ2v) is 8.56. The SMILES string of the molecule is CCCn1cc(-c2nc3c(OC4CCN(C(=O)c5cnn6cccnc56)C4)ncnc3n2C)cn1. The van der Waals surface area contributed by atoms with Gasteiger partial charge in [-0.1, -0.05) is 6.92 Å². The summed E-state index contributed by atoms with van der Waals surface area (Å²) in [5.41, 5.74) is 3.20. The number of hydrogen-bond donors (Lipinski definition) is 0. The quantitative estimate of drug-likeness (QED) is 0.368. The van der Waals surface area contributed by atoms with Crippen molar-refractivity contribution in [2.75, 3.05) is 13.1 Å². The molecule has 1 fully saturated rings. The number of ether oxygens (including phenoxy) is 1. The average Bonchev–Trinajstić information content (AvgIpc) is 3.66. The molecule has 0 saturated carbocycles. The lowest BCUT2D eigenvalue weighted by molar-refractivity contribution is 0.0773. The highest BCUT2D eigenvalue weighted by atomic mass is 16.5. The summed E-state index contributed by atoms with van der Waals surface area (Å²) < 4.78 is 11.7. The minimum absolute atomic E-state index is 0.109. The largest absolute Gasteiger partial charge is 0.471 e. The maximum atomic E-state index is 13.1. The molecule has 35 heavy (non-hydrogen) atoms. The molecule has 1 amide bonds. The molecule has 0 radical (unpaired) electrons. The van der Waals surface area contributed by atoms with Gasteiger partial charge >= 0.3 is 0 Å². The Kier molecular flexibility index (Phi) is 5.12. The van der Waals surface area contributed by atoms with Crippen LogP contribution in [0.15, 0.2) is 43.4 Å². The van der Waals surface area contributed by atoms with E-state index in [-0.39, 0.29) is 12.0 Å². The zero-order chi connectivity index (χ0) is 23.9. The zero-order valence-corrected chi connectivity index (χ0v) is 19.4. The number of carbonyl (C=O) groups is 1. The van der Waals surface area contributed by atoms with E-state index in [2.05, 4.69) is 32.1 Å². The Hall–Kier alpha value is -4.35. The lowest BCUT2D eigenvalue weighted by Crippen LogP contribution is -2.31. The Morgan fingerprint density at radius 1 is 1.17 bits per heavy atom. The Labute approximate surface area is 200 Å². The molecular weight excluding hydrogens is 448 g/mol. The Morgan fingerprint density at radius 3 is 2.97 bits per heavy atom. The van der Waals surface area contributed by atoms with Crippen LogP contribution in [0.3, 0.4) is 0 Å². The van der Waals surface area contributed by atoms with Gasteiger partial charge in [0, 0.05) is 45.1 Å². The zero-order valence-electron chi connectivity index (χ0n) is 19.4. The van der Waals surface area contributed by atoms with E-state index in [1.165, 1.54) is 6.33 Å². The number of amides is 1. The summed E-state index contributed by atoms with van der Waals surface area (Å²) in [6, 6.07) is 1.77. The molecule has 0 aliphatic carbocycles. The van der Waals surface area contributed by atoms with Gasteiger partial charge in [0.25, 0.3) is 5.91 Å². The van der Waals surface area contributed by atoms with Gasteiger partial charge in [-0.25, -0.2) is 19.5 Å². The van der Waals surface area contributed by atoms with Crippen molar-refractivity contribution in [3.63, 3.8) is 0 Å². The predicted molar refractivity (Wildman–Crippen MR) is 126 cm³/mol. The fraction of sp³-hybridized carbons (Fsp3) is 0.348. The maximum Gasteiger partial charge on any atom is 0.259 e.